The average molecular weight is 743 g/mol. The molecule has 0 spiro atoms. The van der Waals surface area contributed by atoms with Gasteiger partial charge in [-0.2, -0.15) is 0 Å². The molecule has 1 fully saturated rings. The molecule has 11 nitrogen and oxygen atoms in total. The van der Waals surface area contributed by atoms with Gasteiger partial charge in [-0.1, -0.05) is 0 Å². The second-order valence-electron chi connectivity index (χ2n) is 11.9. The van der Waals surface area contributed by atoms with Crippen molar-refractivity contribution < 1.29 is 45.4 Å². The zero-order valence-corrected chi connectivity index (χ0v) is 27.9. The van der Waals surface area contributed by atoms with Crippen molar-refractivity contribution >= 4 is 39.6 Å². The van der Waals surface area contributed by atoms with E-state index in [9.17, 15) is 14.4 Å². The number of nitrogens with zero attached hydrogens (tertiary/aromatic N) is 5. The number of allylic oxidation sites excluding steroid dienone is 2. The van der Waals surface area contributed by atoms with Crippen molar-refractivity contribution in [2.24, 2.45) is 7.05 Å². The number of carbonyl (C=O) groups is 3. The van der Waals surface area contributed by atoms with Gasteiger partial charge in [0.25, 0.3) is 0 Å². The molecule has 3 N–H and O–H groups in total. The molecular formula is C33H38FIN7O4-. The molecule has 4 aromatic rings. The van der Waals surface area contributed by atoms with E-state index >= 15 is 4.39 Å². The van der Waals surface area contributed by atoms with E-state index in [0.717, 1.165) is 51.8 Å². The maximum absolute atomic E-state index is 15.7. The maximum atomic E-state index is 15.7. The number of aryl methyl sites for hydroxylation is 1. The number of amides is 2. The normalized spacial score (nSPS) is 17.8. The molecule has 2 amide bonds. The molecule has 2 aromatic carbocycles. The van der Waals surface area contributed by atoms with Crippen LogP contribution < -0.4 is 32.1 Å². The summed E-state index contributed by atoms with van der Waals surface area (Å²) in [6, 6.07) is 8.98. The number of hydrogen-bond donors (Lipinski definition) is 3. The number of aliphatic carboxylic acids is 1. The van der Waals surface area contributed by atoms with Gasteiger partial charge < -0.3 is 10.4 Å². The number of carbonyl (C=O) groups excluding carboxylic acids is 2. The summed E-state index contributed by atoms with van der Waals surface area (Å²) in [5.74, 6) is -2.41. The van der Waals surface area contributed by atoms with Crippen LogP contribution in [0.2, 0.25) is 0 Å². The minimum atomic E-state index is -1.17. The van der Waals surface area contributed by atoms with E-state index in [1.165, 1.54) is 31.7 Å². The number of nitrogens with one attached hydrogen (secondary N) is 2. The first-order valence-corrected chi connectivity index (χ1v) is 17.9. The summed E-state index contributed by atoms with van der Waals surface area (Å²) in [7, 11) is 1.83. The Labute approximate surface area is 276 Å². The number of alkyl halides is 1. The number of carboxylic acid groups (broad SMARTS) is 1. The standard InChI is InChI=1S/C33H38FIN7O4/c1-40-28-16-25(26(34)15-22(28)17-38-40)24-9-6-10-27-32(24)33(39-42(27)20-30(44)36-18-29(43)37-19-31(45)46)21-11-13-41(14-12-21)35-23-7-4-2-3-5-8-23/h2,4,6,9-10,15-17,21,23H,3,5,7-8,11-14,18-20H2,1H3,(H,36,44)(H,37,43)(H,45,46)/q-1. The van der Waals surface area contributed by atoms with E-state index in [2.05, 4.69) is 31.0 Å². The van der Waals surface area contributed by atoms with Crippen molar-refractivity contribution in [3.05, 3.63) is 60.2 Å². The van der Waals surface area contributed by atoms with E-state index in [1.807, 2.05) is 31.3 Å². The van der Waals surface area contributed by atoms with Gasteiger partial charge in [0.2, 0.25) is 0 Å². The number of hydrogen-bond acceptors (Lipinski definition) is 6. The molecule has 3 heterocycles. The summed E-state index contributed by atoms with van der Waals surface area (Å²) in [6.45, 7) is 0.975. The molecule has 2 aliphatic rings. The SMILES string of the molecule is Cn1ncc2cc(F)c(-c3cccc4c3c(C3CCN([I-]C5CC=CCCC5)CC3)nn4CC(=O)NCC(=O)NCC(=O)O)cc21. The summed E-state index contributed by atoms with van der Waals surface area (Å²) in [4.78, 5) is 35.7. The van der Waals surface area contributed by atoms with Gasteiger partial charge in [-0.25, -0.2) is 0 Å². The Kier molecular flexibility index (Phi) is 9.97. The number of fused-ring (bicyclic) bond motifs is 2. The molecule has 1 aliphatic carbocycles. The van der Waals surface area contributed by atoms with Crippen LogP contribution in [0.25, 0.3) is 32.9 Å². The fourth-order valence-electron chi connectivity index (χ4n) is 6.31. The van der Waals surface area contributed by atoms with Crippen molar-refractivity contribution in [2.75, 3.05) is 26.2 Å². The van der Waals surface area contributed by atoms with Crippen LogP contribution in [0.3, 0.4) is 0 Å². The van der Waals surface area contributed by atoms with Crippen molar-refractivity contribution in [3.63, 3.8) is 0 Å². The number of aromatic nitrogens is 4. The van der Waals surface area contributed by atoms with Crippen molar-refractivity contribution in [3.8, 4) is 11.1 Å². The van der Waals surface area contributed by atoms with Gasteiger partial charge in [0, 0.05) is 0 Å². The monoisotopic (exact) mass is 742 g/mol. The predicted molar refractivity (Wildman–Crippen MR) is 168 cm³/mol. The Hall–Kier alpha value is -3.85. The van der Waals surface area contributed by atoms with Gasteiger partial charge in [0.05, 0.1) is 0 Å². The summed E-state index contributed by atoms with van der Waals surface area (Å²) in [5.41, 5.74) is 3.55. The van der Waals surface area contributed by atoms with Crippen LogP contribution in [0.1, 0.15) is 50.1 Å². The Morgan fingerprint density at radius 2 is 1.83 bits per heavy atom. The number of halogens is 2. The van der Waals surface area contributed by atoms with Crippen LogP contribution in [0, 0.1) is 5.82 Å². The van der Waals surface area contributed by atoms with Gasteiger partial charge >= 0.3 is 251 Å². The first-order valence-electron chi connectivity index (χ1n) is 15.7. The van der Waals surface area contributed by atoms with Gasteiger partial charge in [-0.05, 0) is 0 Å². The average Bonchev–Trinajstić information content (AvgIpc) is 3.47. The summed E-state index contributed by atoms with van der Waals surface area (Å²) < 4.78 is 22.5. The topological polar surface area (TPSA) is 134 Å². The quantitative estimate of drug-likeness (QED) is 0.0945. The van der Waals surface area contributed by atoms with E-state index in [4.69, 9.17) is 10.2 Å². The minimum absolute atomic E-state index is 0.0666. The van der Waals surface area contributed by atoms with Crippen LogP contribution in [0.15, 0.2) is 48.7 Å². The van der Waals surface area contributed by atoms with Gasteiger partial charge in [0.1, 0.15) is 6.54 Å². The molecule has 244 valence electrons. The number of rotatable bonds is 10. The van der Waals surface area contributed by atoms with Crippen molar-refractivity contribution in [1.82, 2.24) is 33.3 Å². The molecule has 0 bridgehead atoms. The molecule has 13 heteroatoms. The Balaban J connectivity index is 1.29. The first kappa shape index (κ1) is 32.1. The summed E-state index contributed by atoms with van der Waals surface area (Å²) in [5, 5.41) is 24.4. The van der Waals surface area contributed by atoms with E-state index in [-0.39, 0.29) is 46.3 Å². The van der Waals surface area contributed by atoms with Crippen molar-refractivity contribution in [1.29, 1.82) is 0 Å². The predicted octanol–water partition coefficient (Wildman–Crippen LogP) is 0.728. The summed E-state index contributed by atoms with van der Waals surface area (Å²) >= 11 is -0.0666. The first-order chi connectivity index (χ1) is 22.3. The van der Waals surface area contributed by atoms with Gasteiger partial charge in [-0.15, -0.1) is 0 Å². The molecule has 1 aliphatic heterocycles. The second-order valence-corrected chi connectivity index (χ2v) is 15.5. The summed E-state index contributed by atoms with van der Waals surface area (Å²) in [6.07, 6.45) is 13.1. The molecule has 1 unspecified atom stereocenters. The molecule has 6 rings (SSSR count). The van der Waals surface area contributed by atoms with Gasteiger partial charge in [-0.3, -0.25) is 9.59 Å². The number of carboxylic acids is 1. The van der Waals surface area contributed by atoms with Crippen LogP contribution in [-0.4, -0.2) is 75.7 Å². The van der Waals surface area contributed by atoms with Crippen LogP contribution in [-0.2, 0) is 28.0 Å². The molecule has 2 aromatic heterocycles. The van der Waals surface area contributed by atoms with E-state index < -0.39 is 24.3 Å². The molecule has 0 radical (unpaired) electrons. The zero-order chi connectivity index (χ0) is 32.2. The molecule has 46 heavy (non-hydrogen) atoms. The van der Waals surface area contributed by atoms with Crippen LogP contribution in [0.5, 0.6) is 0 Å². The third-order valence-electron chi connectivity index (χ3n) is 8.66. The third kappa shape index (κ3) is 7.25. The third-order valence-corrected chi connectivity index (χ3v) is 12.3. The number of piperidine rings is 1. The Bertz CT molecular complexity index is 1790. The zero-order valence-electron chi connectivity index (χ0n) is 25.7. The fraction of sp³-hybridized carbons (Fsp3) is 0.424. The second kappa shape index (κ2) is 14.3. The van der Waals surface area contributed by atoms with Crippen LogP contribution >= 0.6 is 0 Å². The number of benzene rings is 2. The Morgan fingerprint density at radius 3 is 2.63 bits per heavy atom. The molecular weight excluding hydrogens is 704 g/mol. The molecule has 1 atom stereocenters. The molecule has 0 saturated carbocycles. The molecule has 1 saturated heterocycles. The fourth-order valence-corrected chi connectivity index (χ4v) is 9.78. The Morgan fingerprint density at radius 1 is 1.02 bits per heavy atom. The van der Waals surface area contributed by atoms with E-state index in [1.54, 1.807) is 15.6 Å². The van der Waals surface area contributed by atoms with E-state index in [0.29, 0.717) is 16.6 Å². The van der Waals surface area contributed by atoms with Crippen molar-refractivity contribution in [2.45, 2.75) is 54.9 Å². The van der Waals surface area contributed by atoms with Gasteiger partial charge in [0.15, 0.2) is 0 Å². The van der Waals surface area contributed by atoms with Crippen LogP contribution in [0.4, 0.5) is 4.39 Å².